The molecule has 0 bridgehead atoms. The first-order valence-electron chi connectivity index (χ1n) is 17.1. The molecule has 0 radical (unpaired) electrons. The summed E-state index contributed by atoms with van der Waals surface area (Å²) in [7, 11) is 0. The summed E-state index contributed by atoms with van der Waals surface area (Å²) in [5, 5.41) is 0. The van der Waals surface area contributed by atoms with Crippen LogP contribution < -0.4 is 0 Å². The zero-order valence-electron chi connectivity index (χ0n) is 27.1. The van der Waals surface area contributed by atoms with Gasteiger partial charge in [-0.25, -0.2) is 0 Å². The summed E-state index contributed by atoms with van der Waals surface area (Å²) in [6, 6.07) is 17.3. The monoisotopic (exact) mass is 558 g/mol. The maximum Gasteiger partial charge on any atom is 0.222 e. The van der Waals surface area contributed by atoms with Crippen LogP contribution in [0.2, 0.25) is 0 Å². The maximum atomic E-state index is 12.8. The molecule has 4 rings (SSSR count). The molecule has 2 saturated heterocycles. The second-order valence-corrected chi connectivity index (χ2v) is 13.4. The summed E-state index contributed by atoms with van der Waals surface area (Å²) in [5.41, 5.74) is 7.45. The van der Waals surface area contributed by atoms with E-state index < -0.39 is 0 Å². The molecule has 2 fully saturated rings. The highest BCUT2D eigenvalue weighted by Crippen LogP contribution is 2.38. The van der Waals surface area contributed by atoms with E-state index in [0.717, 1.165) is 45.2 Å². The van der Waals surface area contributed by atoms with Crippen molar-refractivity contribution in [1.29, 1.82) is 0 Å². The van der Waals surface area contributed by atoms with Crippen molar-refractivity contribution in [3.8, 4) is 0 Å². The van der Waals surface area contributed by atoms with Gasteiger partial charge in [0.15, 0.2) is 0 Å². The number of piperidine rings is 1. The number of nitrogens with zero attached hydrogens (tertiary/aromatic N) is 2. The number of carbonyl (C=O) groups excluding carboxylic acids is 1. The van der Waals surface area contributed by atoms with E-state index in [-0.39, 0.29) is 0 Å². The van der Waals surface area contributed by atoms with Gasteiger partial charge in [-0.2, -0.15) is 0 Å². The minimum Gasteiger partial charge on any atom is -0.340 e. The average molecular weight is 559 g/mol. The van der Waals surface area contributed by atoms with Crippen molar-refractivity contribution in [2.75, 3.05) is 19.6 Å². The number of amides is 1. The molecule has 2 aromatic rings. The summed E-state index contributed by atoms with van der Waals surface area (Å²) in [5.74, 6) is 2.46. The summed E-state index contributed by atoms with van der Waals surface area (Å²) in [4.78, 5) is 17.7. The van der Waals surface area contributed by atoms with E-state index >= 15 is 0 Å². The van der Waals surface area contributed by atoms with E-state index in [9.17, 15) is 4.79 Å². The number of benzene rings is 2. The Morgan fingerprint density at radius 3 is 1.90 bits per heavy atom. The summed E-state index contributed by atoms with van der Waals surface area (Å²) >= 11 is 0. The lowest BCUT2D eigenvalue weighted by atomic mass is 9.80. The average Bonchev–Trinajstić information content (AvgIpc) is 3.44. The van der Waals surface area contributed by atoms with E-state index in [4.69, 9.17) is 0 Å². The normalized spacial score (nSPS) is 20.1. The lowest BCUT2D eigenvalue weighted by Gasteiger charge is -2.33. The number of carbonyl (C=O) groups is 1. The molecule has 2 aromatic carbocycles. The van der Waals surface area contributed by atoms with Crippen LogP contribution in [0, 0.1) is 0 Å². The minimum absolute atomic E-state index is 0.328. The quantitative estimate of drug-likeness (QED) is 0.230. The molecule has 1 amide bonds. The van der Waals surface area contributed by atoms with E-state index in [1.165, 1.54) is 67.4 Å². The second-order valence-electron chi connectivity index (χ2n) is 13.4. The molecule has 3 nitrogen and oxygen atoms in total. The standard InChI is InChI=1S/C38H58N2O/c1-7-28(4)31-15-17-32(18-16-31)30(6)24-34(26-36(9-3)40-23-13-14-38(40)41)33-19-20-37(29(5)8-2)35(25-33)27-39-21-11-10-12-22-39/h15-20,25,28-30,34,36H,7-14,21-24,26-27H2,1-6H3. The molecule has 41 heavy (non-hydrogen) atoms. The largest absolute Gasteiger partial charge is 0.340 e. The molecule has 5 unspecified atom stereocenters. The van der Waals surface area contributed by atoms with Gasteiger partial charge in [0.25, 0.3) is 0 Å². The fourth-order valence-corrected chi connectivity index (χ4v) is 7.29. The van der Waals surface area contributed by atoms with Crippen molar-refractivity contribution in [3.63, 3.8) is 0 Å². The Labute approximate surface area is 252 Å². The van der Waals surface area contributed by atoms with E-state index in [1.54, 1.807) is 5.56 Å². The highest BCUT2D eigenvalue weighted by molar-refractivity contribution is 5.78. The fourth-order valence-electron chi connectivity index (χ4n) is 7.29. The summed E-state index contributed by atoms with van der Waals surface area (Å²) in [6.45, 7) is 18.5. The third kappa shape index (κ3) is 8.25. The lowest BCUT2D eigenvalue weighted by molar-refractivity contribution is -0.129. The first kappa shape index (κ1) is 31.8. The van der Waals surface area contributed by atoms with Gasteiger partial charge in [-0.1, -0.05) is 90.4 Å². The highest BCUT2D eigenvalue weighted by atomic mass is 16.2. The molecule has 0 N–H and O–H groups in total. The van der Waals surface area contributed by atoms with Gasteiger partial charge in [0, 0.05) is 25.6 Å². The van der Waals surface area contributed by atoms with Crippen molar-refractivity contribution in [3.05, 3.63) is 70.3 Å². The molecule has 0 aromatic heterocycles. The van der Waals surface area contributed by atoms with Gasteiger partial charge in [-0.05, 0) is 116 Å². The van der Waals surface area contributed by atoms with Gasteiger partial charge in [-0.3, -0.25) is 9.69 Å². The first-order chi connectivity index (χ1) is 19.8. The molecule has 0 aliphatic carbocycles. The molecule has 2 aliphatic heterocycles. The van der Waals surface area contributed by atoms with Gasteiger partial charge >= 0.3 is 0 Å². The molecule has 3 heteroatoms. The van der Waals surface area contributed by atoms with E-state index in [2.05, 4.69) is 93.8 Å². The summed E-state index contributed by atoms with van der Waals surface area (Å²) in [6.07, 6.45) is 11.3. The first-order valence-corrected chi connectivity index (χ1v) is 17.1. The smallest absolute Gasteiger partial charge is 0.222 e. The zero-order chi connectivity index (χ0) is 29.4. The van der Waals surface area contributed by atoms with Crippen LogP contribution in [0.4, 0.5) is 0 Å². The number of rotatable bonds is 14. The molecular weight excluding hydrogens is 500 g/mol. The molecule has 5 atom stereocenters. The predicted octanol–water partition coefficient (Wildman–Crippen LogP) is 9.77. The molecule has 0 saturated carbocycles. The highest BCUT2D eigenvalue weighted by Gasteiger charge is 2.30. The fraction of sp³-hybridized carbons (Fsp3) is 0.658. The van der Waals surface area contributed by atoms with E-state index in [1.807, 2.05) is 0 Å². The molecular formula is C38H58N2O. The lowest BCUT2D eigenvalue weighted by Crippen LogP contribution is -2.37. The second kappa shape index (κ2) is 15.4. The van der Waals surface area contributed by atoms with Crippen LogP contribution in [0.25, 0.3) is 0 Å². The van der Waals surface area contributed by atoms with Crippen LogP contribution in [0.15, 0.2) is 42.5 Å². The number of likely N-dealkylation sites (tertiary alicyclic amines) is 2. The molecule has 0 spiro atoms. The third-order valence-electron chi connectivity index (χ3n) is 10.5. The number of hydrogen-bond acceptors (Lipinski definition) is 2. The Kier molecular flexibility index (Phi) is 11.9. The molecule has 226 valence electrons. The predicted molar refractivity (Wildman–Crippen MR) is 175 cm³/mol. The maximum absolute atomic E-state index is 12.8. The van der Waals surface area contributed by atoms with Gasteiger partial charge in [0.1, 0.15) is 0 Å². The Balaban J connectivity index is 1.64. The topological polar surface area (TPSA) is 23.6 Å². The van der Waals surface area contributed by atoms with Gasteiger partial charge in [0.2, 0.25) is 5.91 Å². The van der Waals surface area contributed by atoms with Crippen LogP contribution in [-0.4, -0.2) is 41.4 Å². The van der Waals surface area contributed by atoms with Crippen LogP contribution >= 0.6 is 0 Å². The van der Waals surface area contributed by atoms with Gasteiger partial charge in [-0.15, -0.1) is 0 Å². The van der Waals surface area contributed by atoms with Crippen LogP contribution in [0.5, 0.6) is 0 Å². The van der Waals surface area contributed by atoms with Crippen molar-refractivity contribution in [2.45, 2.75) is 142 Å². The minimum atomic E-state index is 0.328. The Hall–Kier alpha value is -2.13. The van der Waals surface area contributed by atoms with Crippen molar-refractivity contribution in [1.82, 2.24) is 9.80 Å². The Bertz CT molecular complexity index is 1090. The SMILES string of the molecule is CCC(C)c1ccc(C(C)CC(CC(CC)N2CCCC2=O)c2ccc(C(C)CC)c(CN3CCCCC3)c2)cc1. The number of hydrogen-bond donors (Lipinski definition) is 0. The molecule has 2 heterocycles. The zero-order valence-corrected chi connectivity index (χ0v) is 27.1. The van der Waals surface area contributed by atoms with E-state index in [0.29, 0.717) is 35.6 Å². The third-order valence-corrected chi connectivity index (χ3v) is 10.5. The van der Waals surface area contributed by atoms with Crippen molar-refractivity contribution in [2.24, 2.45) is 0 Å². The Morgan fingerprint density at radius 1 is 0.683 bits per heavy atom. The van der Waals surface area contributed by atoms with Gasteiger partial charge in [0.05, 0.1) is 0 Å². The Morgan fingerprint density at radius 2 is 1.32 bits per heavy atom. The van der Waals surface area contributed by atoms with Crippen LogP contribution in [0.1, 0.15) is 157 Å². The van der Waals surface area contributed by atoms with Crippen LogP contribution in [0.3, 0.4) is 0 Å². The summed E-state index contributed by atoms with van der Waals surface area (Å²) < 4.78 is 0. The van der Waals surface area contributed by atoms with Crippen LogP contribution in [-0.2, 0) is 11.3 Å². The van der Waals surface area contributed by atoms with Gasteiger partial charge < -0.3 is 4.90 Å². The van der Waals surface area contributed by atoms with Crippen molar-refractivity contribution < 1.29 is 4.79 Å². The molecule has 2 aliphatic rings. The van der Waals surface area contributed by atoms with Crippen molar-refractivity contribution >= 4 is 5.91 Å².